The average Bonchev–Trinajstić information content (AvgIpc) is 2.83. The number of amides is 1. The van der Waals surface area contributed by atoms with Crippen molar-refractivity contribution in [3.05, 3.63) is 34.9 Å². The van der Waals surface area contributed by atoms with Gasteiger partial charge in [-0.05, 0) is 43.5 Å². The van der Waals surface area contributed by atoms with Crippen LogP contribution in [0, 0.1) is 5.92 Å². The summed E-state index contributed by atoms with van der Waals surface area (Å²) in [6.45, 7) is 5.10. The fourth-order valence-electron chi connectivity index (χ4n) is 2.54. The van der Waals surface area contributed by atoms with Crippen LogP contribution in [-0.4, -0.2) is 30.4 Å². The van der Waals surface area contributed by atoms with Crippen molar-refractivity contribution in [2.45, 2.75) is 32.4 Å². The Labute approximate surface area is 119 Å². The van der Waals surface area contributed by atoms with Crippen LogP contribution in [0.25, 0.3) is 0 Å². The van der Waals surface area contributed by atoms with Crippen LogP contribution in [0.4, 0.5) is 0 Å². The molecule has 1 aliphatic heterocycles. The van der Waals surface area contributed by atoms with Gasteiger partial charge < -0.3 is 10.2 Å². The van der Waals surface area contributed by atoms with Crippen molar-refractivity contribution in [1.82, 2.24) is 10.2 Å². The summed E-state index contributed by atoms with van der Waals surface area (Å²) >= 11 is 5.89. The number of benzene rings is 1. The second-order valence-electron chi connectivity index (χ2n) is 5.37. The molecule has 0 aliphatic carbocycles. The second kappa shape index (κ2) is 5.93. The predicted molar refractivity (Wildman–Crippen MR) is 78.2 cm³/mol. The van der Waals surface area contributed by atoms with E-state index < -0.39 is 0 Å². The van der Waals surface area contributed by atoms with Crippen molar-refractivity contribution in [3.63, 3.8) is 0 Å². The minimum atomic E-state index is -0.0419. The largest absolute Gasteiger partial charge is 0.338 e. The quantitative estimate of drug-likeness (QED) is 0.923. The monoisotopic (exact) mass is 280 g/mol. The Bertz CT molecular complexity index is 446. The summed E-state index contributed by atoms with van der Waals surface area (Å²) in [5.74, 6) is 0.583. The van der Waals surface area contributed by atoms with Gasteiger partial charge in [0, 0.05) is 12.1 Å². The fraction of sp³-hybridized carbons (Fsp3) is 0.533. The Kier molecular flexibility index (Phi) is 4.48. The molecule has 1 N–H and O–H groups in total. The smallest absolute Gasteiger partial charge is 0.240 e. The van der Waals surface area contributed by atoms with E-state index in [9.17, 15) is 4.79 Å². The van der Waals surface area contributed by atoms with Crippen molar-refractivity contribution in [2.24, 2.45) is 5.92 Å². The van der Waals surface area contributed by atoms with Crippen LogP contribution in [0.1, 0.15) is 31.9 Å². The maximum absolute atomic E-state index is 12.5. The number of rotatable bonds is 3. The highest BCUT2D eigenvalue weighted by atomic mass is 35.5. The molecule has 1 heterocycles. The SMILES string of the molecule is CC1CCNC1C(=O)N(C)C(C)c1ccc(Cl)cc1. The summed E-state index contributed by atoms with van der Waals surface area (Å²) in [5, 5.41) is 4.01. The number of carbonyl (C=O) groups is 1. The van der Waals surface area contributed by atoms with E-state index in [0.29, 0.717) is 5.92 Å². The Hall–Kier alpha value is -1.06. The third-order valence-corrected chi connectivity index (χ3v) is 4.33. The molecule has 1 amide bonds. The molecule has 0 bridgehead atoms. The Morgan fingerprint density at radius 2 is 2.05 bits per heavy atom. The highest BCUT2D eigenvalue weighted by Gasteiger charge is 2.32. The van der Waals surface area contributed by atoms with Gasteiger partial charge >= 0.3 is 0 Å². The predicted octanol–water partition coefficient (Wildman–Crippen LogP) is 2.86. The molecule has 0 spiro atoms. The van der Waals surface area contributed by atoms with E-state index in [4.69, 9.17) is 11.6 Å². The van der Waals surface area contributed by atoms with Crippen LogP contribution in [0.3, 0.4) is 0 Å². The van der Waals surface area contributed by atoms with Gasteiger partial charge in [0.2, 0.25) is 5.91 Å². The lowest BCUT2D eigenvalue weighted by atomic mass is 10.0. The molecule has 3 unspecified atom stereocenters. The van der Waals surface area contributed by atoms with Crippen LogP contribution >= 0.6 is 11.6 Å². The number of hydrogen-bond donors (Lipinski definition) is 1. The number of carbonyl (C=O) groups excluding carboxylic acids is 1. The van der Waals surface area contributed by atoms with Gasteiger partial charge in [0.05, 0.1) is 12.1 Å². The van der Waals surface area contributed by atoms with Crippen molar-refractivity contribution >= 4 is 17.5 Å². The van der Waals surface area contributed by atoms with Gasteiger partial charge in [-0.3, -0.25) is 4.79 Å². The van der Waals surface area contributed by atoms with E-state index in [-0.39, 0.29) is 18.0 Å². The summed E-state index contributed by atoms with van der Waals surface area (Å²) in [7, 11) is 1.87. The molecule has 4 heteroatoms. The molecule has 0 aromatic heterocycles. The Balaban J connectivity index is 2.08. The molecule has 1 saturated heterocycles. The van der Waals surface area contributed by atoms with E-state index in [1.54, 1.807) is 0 Å². The molecule has 3 atom stereocenters. The molecular formula is C15H21ClN2O. The van der Waals surface area contributed by atoms with Gasteiger partial charge in [0.25, 0.3) is 0 Å². The molecule has 0 radical (unpaired) electrons. The maximum atomic E-state index is 12.5. The van der Waals surface area contributed by atoms with Gasteiger partial charge in [0.1, 0.15) is 0 Å². The number of nitrogens with one attached hydrogen (secondary N) is 1. The first-order chi connectivity index (χ1) is 9.00. The topological polar surface area (TPSA) is 32.3 Å². The lowest BCUT2D eigenvalue weighted by molar-refractivity contribution is -0.134. The van der Waals surface area contributed by atoms with Crippen LogP contribution in [0.15, 0.2) is 24.3 Å². The lowest BCUT2D eigenvalue weighted by Crippen LogP contribution is -2.45. The van der Waals surface area contributed by atoms with Crippen molar-refractivity contribution in [1.29, 1.82) is 0 Å². The summed E-state index contributed by atoms with van der Waals surface area (Å²) in [6, 6.07) is 7.69. The number of halogens is 1. The number of hydrogen-bond acceptors (Lipinski definition) is 2. The van der Waals surface area contributed by atoms with E-state index in [2.05, 4.69) is 12.2 Å². The van der Waals surface area contributed by atoms with E-state index in [1.165, 1.54) is 0 Å². The van der Waals surface area contributed by atoms with Crippen LogP contribution < -0.4 is 5.32 Å². The zero-order valence-electron chi connectivity index (χ0n) is 11.7. The number of likely N-dealkylation sites (N-methyl/N-ethyl adjacent to an activating group) is 1. The van der Waals surface area contributed by atoms with Gasteiger partial charge in [-0.2, -0.15) is 0 Å². The van der Waals surface area contributed by atoms with Crippen molar-refractivity contribution in [2.75, 3.05) is 13.6 Å². The van der Waals surface area contributed by atoms with Crippen molar-refractivity contribution in [3.8, 4) is 0 Å². The van der Waals surface area contributed by atoms with E-state index in [1.807, 2.05) is 43.1 Å². The minimum Gasteiger partial charge on any atom is -0.338 e. The molecule has 1 aromatic carbocycles. The van der Waals surface area contributed by atoms with Gasteiger partial charge in [-0.25, -0.2) is 0 Å². The minimum absolute atomic E-state index is 0.0419. The Morgan fingerprint density at radius 1 is 1.42 bits per heavy atom. The lowest BCUT2D eigenvalue weighted by Gasteiger charge is -2.29. The zero-order valence-corrected chi connectivity index (χ0v) is 12.4. The summed E-state index contributed by atoms with van der Waals surface area (Å²) < 4.78 is 0. The van der Waals surface area contributed by atoms with Gasteiger partial charge in [-0.1, -0.05) is 30.7 Å². The molecule has 1 aromatic rings. The van der Waals surface area contributed by atoms with E-state index >= 15 is 0 Å². The summed E-state index contributed by atoms with van der Waals surface area (Å²) in [4.78, 5) is 14.3. The van der Waals surface area contributed by atoms with Crippen LogP contribution in [0.5, 0.6) is 0 Å². The molecule has 1 aliphatic rings. The first kappa shape index (κ1) is 14.4. The van der Waals surface area contributed by atoms with Crippen LogP contribution in [0.2, 0.25) is 5.02 Å². The molecule has 1 fully saturated rings. The normalized spacial score (nSPS) is 24.2. The van der Waals surface area contributed by atoms with Crippen molar-refractivity contribution < 1.29 is 4.79 Å². The summed E-state index contributed by atoms with van der Waals surface area (Å²) in [6.07, 6.45) is 1.07. The fourth-order valence-corrected chi connectivity index (χ4v) is 2.67. The first-order valence-electron chi connectivity index (χ1n) is 6.76. The highest BCUT2D eigenvalue weighted by molar-refractivity contribution is 6.30. The maximum Gasteiger partial charge on any atom is 0.240 e. The molecular weight excluding hydrogens is 260 g/mol. The van der Waals surface area contributed by atoms with E-state index in [0.717, 1.165) is 23.6 Å². The van der Waals surface area contributed by atoms with Gasteiger partial charge in [0.15, 0.2) is 0 Å². The third-order valence-electron chi connectivity index (χ3n) is 4.08. The summed E-state index contributed by atoms with van der Waals surface area (Å²) in [5.41, 5.74) is 1.10. The molecule has 0 saturated carbocycles. The standard InChI is InChI=1S/C15H21ClN2O/c1-10-8-9-17-14(10)15(19)18(3)11(2)12-4-6-13(16)7-5-12/h4-7,10-11,14,17H,8-9H2,1-3H3. The number of nitrogens with zero attached hydrogens (tertiary/aromatic N) is 1. The Morgan fingerprint density at radius 3 is 2.58 bits per heavy atom. The second-order valence-corrected chi connectivity index (χ2v) is 5.81. The molecule has 3 nitrogen and oxygen atoms in total. The molecule has 19 heavy (non-hydrogen) atoms. The molecule has 2 rings (SSSR count). The highest BCUT2D eigenvalue weighted by Crippen LogP contribution is 2.24. The third kappa shape index (κ3) is 3.10. The van der Waals surface area contributed by atoms with Gasteiger partial charge in [-0.15, -0.1) is 0 Å². The average molecular weight is 281 g/mol. The molecule has 104 valence electrons. The zero-order chi connectivity index (χ0) is 14.0. The first-order valence-corrected chi connectivity index (χ1v) is 7.14. The van der Waals surface area contributed by atoms with Crippen LogP contribution in [-0.2, 0) is 4.79 Å².